The van der Waals surface area contributed by atoms with E-state index in [-0.39, 0.29) is 46.7 Å². The second kappa shape index (κ2) is 91.5. The first-order valence-electron chi connectivity index (χ1n) is 48.1. The quantitative estimate of drug-likeness (QED) is 0.00765. The van der Waals surface area contributed by atoms with Crippen molar-refractivity contribution in [2.75, 3.05) is 223 Å². The Morgan fingerprint density at radius 2 is 0.947 bits per heavy atom. The molecule has 0 saturated carbocycles. The number of hydrazine groups is 4. The molecule has 132 heavy (non-hydrogen) atoms. The van der Waals surface area contributed by atoms with Gasteiger partial charge in [0.15, 0.2) is 22.1 Å². The first-order valence-corrected chi connectivity index (χ1v) is 51.1. The highest BCUT2D eigenvalue weighted by Gasteiger charge is 2.26. The van der Waals surface area contributed by atoms with Crippen molar-refractivity contribution in [3.05, 3.63) is 88.0 Å². The molecule has 8 rings (SSSR count). The number of piperazine rings is 1. The number of phenols is 1. The number of carbonyl (C=O) groups is 7. The van der Waals surface area contributed by atoms with Crippen LogP contribution in [0.4, 0.5) is 5.69 Å². The number of hydrogen-bond acceptors (Lipinski definition) is 26. The number of aromatic hydroxyl groups is 1. The number of morpholine rings is 2. The van der Waals surface area contributed by atoms with E-state index in [0.29, 0.717) is 113 Å². The van der Waals surface area contributed by atoms with Gasteiger partial charge in [-0.2, -0.15) is 12.6 Å². The minimum Gasteiger partial charge on any atom is -0.507 e. The topological polar surface area (TPSA) is 291 Å². The molecule has 770 valence electrons. The van der Waals surface area contributed by atoms with Gasteiger partial charge in [0, 0.05) is 171 Å². The largest absolute Gasteiger partial charge is 0.507 e. The summed E-state index contributed by atoms with van der Waals surface area (Å²) in [5, 5.41) is 33.3. The smallest absolute Gasteiger partial charge is 0.306 e. The summed E-state index contributed by atoms with van der Waals surface area (Å²) >= 11 is 7.07. The van der Waals surface area contributed by atoms with Crippen molar-refractivity contribution in [1.29, 1.82) is 0 Å². The fourth-order valence-electron chi connectivity index (χ4n) is 13.8. The zero-order valence-corrected chi connectivity index (χ0v) is 85.8. The number of unbranched alkanes of at least 4 members (excludes halogenated alkanes) is 22. The van der Waals surface area contributed by atoms with Gasteiger partial charge in [0.1, 0.15) is 30.7 Å². The van der Waals surface area contributed by atoms with Crippen LogP contribution < -0.4 is 20.7 Å². The number of anilines is 1. The fourth-order valence-corrected chi connectivity index (χ4v) is 15.1. The van der Waals surface area contributed by atoms with Crippen LogP contribution in [-0.2, 0) is 64.0 Å². The van der Waals surface area contributed by atoms with Gasteiger partial charge in [-0.05, 0) is 140 Å². The van der Waals surface area contributed by atoms with Crippen LogP contribution in [0, 0.1) is 34.6 Å². The third-order valence-electron chi connectivity index (χ3n) is 22.3. The third-order valence-corrected chi connectivity index (χ3v) is 24.1. The normalized spacial score (nSPS) is 14.9. The zero-order chi connectivity index (χ0) is 96.5. The van der Waals surface area contributed by atoms with E-state index in [2.05, 4.69) is 170 Å². The Morgan fingerprint density at radius 3 is 1.33 bits per heavy atom. The summed E-state index contributed by atoms with van der Waals surface area (Å²) in [5.74, 6) is 1.68. The van der Waals surface area contributed by atoms with Crippen LogP contribution in [0.15, 0.2) is 54.6 Å². The van der Waals surface area contributed by atoms with Crippen molar-refractivity contribution in [2.24, 2.45) is 0 Å². The summed E-state index contributed by atoms with van der Waals surface area (Å²) in [6.07, 6.45) is 39.7. The highest BCUT2D eigenvalue weighted by molar-refractivity contribution is 7.94. The number of esters is 1. The molecule has 5 aliphatic rings. The number of ether oxygens (including phenoxy) is 4. The number of hydroxylamine groups is 1. The minimum absolute atomic E-state index is 0. The number of aryl methyl sites for hydroxylation is 6. The Kier molecular flexibility index (Phi) is 93.3. The van der Waals surface area contributed by atoms with Crippen LogP contribution in [0.5, 0.6) is 11.5 Å². The van der Waals surface area contributed by atoms with E-state index < -0.39 is 9.84 Å². The lowest BCUT2D eigenvalue weighted by Gasteiger charge is -2.37. The molecule has 0 aromatic heterocycles. The van der Waals surface area contributed by atoms with Crippen molar-refractivity contribution in [3.8, 4) is 11.5 Å². The molecule has 0 aliphatic carbocycles. The van der Waals surface area contributed by atoms with Crippen LogP contribution >= 0.6 is 25.3 Å². The zero-order valence-electron chi connectivity index (χ0n) is 83.2. The van der Waals surface area contributed by atoms with Gasteiger partial charge < -0.3 is 58.3 Å². The van der Waals surface area contributed by atoms with E-state index in [1.54, 1.807) is 5.48 Å². The maximum atomic E-state index is 11.7. The number of hydrogen-bond donors (Lipinski definition) is 6. The molecule has 5 saturated heterocycles. The van der Waals surface area contributed by atoms with E-state index in [9.17, 15) is 42.3 Å². The van der Waals surface area contributed by atoms with Gasteiger partial charge in [0.05, 0.1) is 43.6 Å². The van der Waals surface area contributed by atoms with Crippen molar-refractivity contribution in [1.82, 2.24) is 60.6 Å². The average Bonchev–Trinajstić information content (AvgIpc) is 0.859. The van der Waals surface area contributed by atoms with Crippen LogP contribution in [-0.4, -0.2) is 329 Å². The van der Waals surface area contributed by atoms with Gasteiger partial charge in [-0.15, -0.1) is 12.6 Å². The number of phenolic OH excluding ortho intramolecular Hbond substituents is 1. The molecule has 4 N–H and O–H groups in total. The fraction of sp³-hybridized carbons (Fsp3) is 0.752. The molecular weight excluding hydrogens is 1730 g/mol. The Bertz CT molecular complexity index is 3280. The second-order valence-electron chi connectivity index (χ2n) is 34.2. The second-order valence-corrected chi connectivity index (χ2v) is 37.2. The van der Waals surface area contributed by atoms with Crippen molar-refractivity contribution < 1.29 is 71.2 Å². The van der Waals surface area contributed by atoms with Crippen molar-refractivity contribution >= 4 is 83.2 Å². The SMILES string of the molecule is C.C.C.CCCCCCCCCCCCCCCC(=O)NO.CCCCCCCCN(CCCCCCCC)N1CCS(=O)(=O)CC1.CN1CCCCN1C.CN1CCN(C)CC1.CN1CCOCC1.Cc1cc(CCC(=O)OCCS)cc(C)c1O.Cc1ccc(OCC(=O)NN2CCOCC2)c(C)c1.Cc1cccc(N(C)N(C)C)c1.O=CCCN(C=O)CCC=O.O=CS. The molecule has 0 atom stereocenters. The monoisotopic (exact) mass is 1920 g/mol. The minimum atomic E-state index is -2.79. The summed E-state index contributed by atoms with van der Waals surface area (Å²) in [6, 6.07) is 18.2. The third kappa shape index (κ3) is 78.2. The maximum Gasteiger partial charge on any atom is 0.306 e. The maximum absolute atomic E-state index is 11.7. The number of nitrogens with zero attached hydrogens (tertiary/aromatic N) is 11. The first kappa shape index (κ1) is 135. The number of carbonyl (C=O) groups excluding carboxylic acids is 7. The number of benzene rings is 3. The molecule has 5 aliphatic heterocycles. The standard InChI is InChI=1S/C20H42N2O2S.C16H33NO2.C14H20N2O3.C13H18O3S.C10H16N2.C7H11NO3.2C6H14N2.C5H11NO.CH2OS.3CH4/c1-3-5-7-9-11-13-15-21(16-14-12-10-8-6-4-2)22-17-19-25(23,24)20-18-22;1-2-3-4-5-6-7-8-9-10-11-12-13-14-15-16(18)17-19;1-11-3-4-13(12(2)9-11)19-10-14(17)15-16-5-7-18-8-6-16;1-9-7-11(8-10(2)13(9)15)3-4-12(14)16-5-6-17;1-9-6-5-7-10(8-9)12(4)11(2)3;9-5-1-3-8(7-11)4-2-6-10;1-7-3-5-8(2)6-4-7;1-7-5-3-4-6-8(7)2;1-6-2-4-7-5-3-6;2-1-3;;;/h3-20H2,1-2H3;19H,2-15H2,1H3,(H,17,18);3-4,9H,5-8,10H2,1-2H3,(H,15,17);7-8,15,17H,3-6H2,1-2H3;5-8H,1-4H3;5-7H,1-4H2;2*3-6H2,1-2H3;2-5H2,1H3;1H,(H,2,3);3*1H4. The molecule has 5 fully saturated rings. The van der Waals surface area contributed by atoms with E-state index in [4.69, 9.17) is 28.9 Å². The lowest BCUT2D eigenvalue weighted by atomic mass is 10.0. The first-order chi connectivity index (χ1) is 61.9. The van der Waals surface area contributed by atoms with Gasteiger partial charge in [-0.1, -0.05) is 226 Å². The van der Waals surface area contributed by atoms with Crippen LogP contribution in [0.3, 0.4) is 0 Å². The van der Waals surface area contributed by atoms with Gasteiger partial charge >= 0.3 is 5.97 Å². The Balaban J connectivity index is -0.000000466. The molecule has 28 nitrogen and oxygen atoms in total. The van der Waals surface area contributed by atoms with Crippen LogP contribution in [0.1, 0.15) is 275 Å². The molecule has 5 heterocycles. The molecule has 3 amide bonds. The van der Waals surface area contributed by atoms with Crippen LogP contribution in [0.2, 0.25) is 0 Å². The predicted molar refractivity (Wildman–Crippen MR) is 557 cm³/mol. The lowest BCUT2D eigenvalue weighted by Crippen LogP contribution is -2.51. The Morgan fingerprint density at radius 1 is 0.523 bits per heavy atom. The molecule has 0 unspecified atom stereocenters. The highest BCUT2D eigenvalue weighted by atomic mass is 32.2. The molecule has 3 aromatic rings. The predicted octanol–water partition coefficient (Wildman–Crippen LogP) is 17.0. The number of sulfone groups is 1. The summed E-state index contributed by atoms with van der Waals surface area (Å²) in [4.78, 5) is 80.9. The van der Waals surface area contributed by atoms with Gasteiger partial charge in [-0.3, -0.25) is 34.6 Å². The van der Waals surface area contributed by atoms with E-state index >= 15 is 0 Å². The molecule has 3 aromatic carbocycles. The molecule has 31 heteroatoms. The van der Waals surface area contributed by atoms with E-state index in [0.717, 1.165) is 106 Å². The Labute approximate surface area is 815 Å². The van der Waals surface area contributed by atoms with Crippen LogP contribution in [0.25, 0.3) is 0 Å². The summed E-state index contributed by atoms with van der Waals surface area (Å²) in [5.41, 5.74) is 12.4. The van der Waals surface area contributed by atoms with Gasteiger partial charge in [-0.25, -0.2) is 44.0 Å². The number of thiol groups is 2. The highest BCUT2D eigenvalue weighted by Crippen LogP contribution is 2.25. The molecule has 0 spiro atoms. The lowest BCUT2D eigenvalue weighted by molar-refractivity contribution is -0.143. The summed E-state index contributed by atoms with van der Waals surface area (Å²) < 4.78 is 44.2. The number of likely N-dealkylation sites (N-methyl/N-ethyl adjacent to an activating group) is 3. The summed E-state index contributed by atoms with van der Waals surface area (Å²) in [6.45, 7) is 35.5. The van der Waals surface area contributed by atoms with Gasteiger partial charge in [0.25, 0.3) is 5.91 Å². The number of nitrogens with one attached hydrogen (secondary N) is 2. The summed E-state index contributed by atoms with van der Waals surface area (Å²) in [7, 11) is 14.1. The average molecular weight is 1930 g/mol. The van der Waals surface area contributed by atoms with E-state index in [1.807, 2.05) is 77.1 Å². The Hall–Kier alpha value is -5.88. The van der Waals surface area contributed by atoms with Crippen molar-refractivity contribution in [3.63, 3.8) is 0 Å². The van der Waals surface area contributed by atoms with Crippen molar-refractivity contribution in [2.45, 2.75) is 283 Å². The molecule has 0 bridgehead atoms. The number of aldehydes is 2. The molecular formula is C101H193N13O15S3. The number of amides is 3. The van der Waals surface area contributed by atoms with E-state index in [1.165, 1.54) is 222 Å². The van der Waals surface area contributed by atoms with Gasteiger partial charge in [0.2, 0.25) is 12.3 Å². The molecule has 0 radical (unpaired) electrons. The number of rotatable bonds is 47.